The number of imidazole rings is 1. The minimum absolute atomic E-state index is 0.0266. The zero-order chi connectivity index (χ0) is 13.0. The average Bonchev–Trinajstić information content (AvgIpc) is 2.78. The van der Waals surface area contributed by atoms with Crippen molar-refractivity contribution < 1.29 is 14.6 Å². The van der Waals surface area contributed by atoms with E-state index in [0.29, 0.717) is 17.1 Å². The van der Waals surface area contributed by atoms with Crippen molar-refractivity contribution in [2.75, 3.05) is 13.2 Å². The summed E-state index contributed by atoms with van der Waals surface area (Å²) >= 11 is 0. The topological polar surface area (TPSA) is 88.4 Å². The smallest absolute Gasteiger partial charge is 0.260 e. The number of hydrogen-bond acceptors (Lipinski definition) is 5. The molecule has 0 radical (unpaired) electrons. The van der Waals surface area contributed by atoms with Crippen LogP contribution in [0.2, 0.25) is 0 Å². The molecule has 0 aromatic carbocycles. The number of carbonyl (C=O) groups is 1. The zero-order valence-electron chi connectivity index (χ0n) is 9.72. The van der Waals surface area contributed by atoms with E-state index in [1.54, 1.807) is 23.3 Å². The fraction of sp³-hybridized carbons (Fsp3) is 0.273. The van der Waals surface area contributed by atoms with Gasteiger partial charge in [0.25, 0.3) is 5.91 Å². The molecule has 1 aromatic rings. The van der Waals surface area contributed by atoms with Crippen molar-refractivity contribution in [2.24, 2.45) is 0 Å². The molecule has 1 amide bonds. The third-order valence-electron chi connectivity index (χ3n) is 2.28. The first-order valence-electron chi connectivity index (χ1n) is 5.38. The Morgan fingerprint density at radius 1 is 1.56 bits per heavy atom. The van der Waals surface area contributed by atoms with Gasteiger partial charge in [0.05, 0.1) is 30.8 Å². The summed E-state index contributed by atoms with van der Waals surface area (Å²) in [6.45, 7) is 4.11. The van der Waals surface area contributed by atoms with Crippen LogP contribution in [-0.2, 0) is 16.3 Å². The summed E-state index contributed by atoms with van der Waals surface area (Å²) < 4.78 is 6.82. The predicted molar refractivity (Wildman–Crippen MR) is 63.7 cm³/mol. The van der Waals surface area contributed by atoms with E-state index in [0.717, 1.165) is 0 Å². The number of aromatic nitrogens is 2. The fourth-order valence-electron chi connectivity index (χ4n) is 1.46. The lowest BCUT2D eigenvalue weighted by Crippen LogP contribution is -2.34. The maximum absolute atomic E-state index is 11.7. The maximum atomic E-state index is 11.7. The van der Waals surface area contributed by atoms with Crippen LogP contribution in [0, 0.1) is 0 Å². The van der Waals surface area contributed by atoms with Crippen molar-refractivity contribution in [2.45, 2.75) is 6.73 Å². The second kappa shape index (κ2) is 5.48. The van der Waals surface area contributed by atoms with Crippen molar-refractivity contribution >= 4 is 11.5 Å². The summed E-state index contributed by atoms with van der Waals surface area (Å²) in [5.41, 5.74) is 0.975. The highest BCUT2D eigenvalue weighted by atomic mass is 16.5. The van der Waals surface area contributed by atoms with Crippen LogP contribution < -0.4 is 10.6 Å². The van der Waals surface area contributed by atoms with Gasteiger partial charge in [0.2, 0.25) is 0 Å². The molecule has 18 heavy (non-hydrogen) atoms. The Bertz CT molecular complexity index is 492. The third-order valence-corrected chi connectivity index (χ3v) is 2.28. The summed E-state index contributed by atoms with van der Waals surface area (Å²) in [4.78, 5) is 15.8. The maximum Gasteiger partial charge on any atom is 0.260 e. The Kier molecular flexibility index (Phi) is 3.75. The largest absolute Gasteiger partial charge is 0.394 e. The van der Waals surface area contributed by atoms with Gasteiger partial charge in [0.1, 0.15) is 12.6 Å². The minimum atomic E-state index is -0.250. The van der Waals surface area contributed by atoms with Gasteiger partial charge in [-0.2, -0.15) is 0 Å². The summed E-state index contributed by atoms with van der Waals surface area (Å²) in [6.07, 6.45) is 4.81. The molecule has 96 valence electrons. The van der Waals surface area contributed by atoms with E-state index in [1.165, 1.54) is 0 Å². The molecule has 1 aliphatic heterocycles. The minimum Gasteiger partial charge on any atom is -0.394 e. The number of ether oxygens (including phenoxy) is 1. The van der Waals surface area contributed by atoms with Crippen LogP contribution in [-0.4, -0.2) is 33.8 Å². The van der Waals surface area contributed by atoms with Crippen LogP contribution in [0.5, 0.6) is 0 Å². The molecule has 0 fully saturated rings. The third kappa shape index (κ3) is 2.76. The number of carbonyl (C=O) groups excluding carboxylic acids is 1. The molecule has 0 spiro atoms. The van der Waals surface area contributed by atoms with Crippen molar-refractivity contribution in [3.8, 4) is 0 Å². The van der Waals surface area contributed by atoms with Gasteiger partial charge >= 0.3 is 0 Å². The van der Waals surface area contributed by atoms with E-state index in [1.807, 2.05) is 0 Å². The lowest BCUT2D eigenvalue weighted by atomic mass is 10.2. The molecule has 0 atom stereocenters. The van der Waals surface area contributed by atoms with E-state index >= 15 is 0 Å². The number of aliphatic hydroxyl groups is 1. The average molecular weight is 250 g/mol. The molecule has 7 nitrogen and oxygen atoms in total. The van der Waals surface area contributed by atoms with Crippen LogP contribution in [0.25, 0.3) is 5.57 Å². The molecular weight excluding hydrogens is 236 g/mol. The molecule has 0 bridgehead atoms. The van der Waals surface area contributed by atoms with E-state index < -0.39 is 0 Å². The van der Waals surface area contributed by atoms with E-state index in [9.17, 15) is 4.79 Å². The number of aliphatic hydroxyl groups excluding tert-OH is 1. The summed E-state index contributed by atoms with van der Waals surface area (Å²) in [6, 6.07) is 0. The number of nitrogens with one attached hydrogen (secondary N) is 2. The Balaban J connectivity index is 2.05. The molecule has 2 rings (SSSR count). The van der Waals surface area contributed by atoms with Crippen LogP contribution in [0.3, 0.4) is 0 Å². The van der Waals surface area contributed by atoms with Crippen molar-refractivity contribution in [1.29, 1.82) is 0 Å². The zero-order valence-corrected chi connectivity index (χ0v) is 9.72. The highest BCUT2D eigenvalue weighted by molar-refractivity contribution is 6.20. The van der Waals surface area contributed by atoms with Gasteiger partial charge in [-0.25, -0.2) is 4.98 Å². The molecule has 0 saturated heterocycles. The lowest BCUT2D eigenvalue weighted by Gasteiger charge is -2.15. The van der Waals surface area contributed by atoms with Crippen molar-refractivity contribution in [1.82, 2.24) is 20.2 Å². The molecule has 0 saturated carbocycles. The van der Waals surface area contributed by atoms with Crippen LogP contribution in [0.4, 0.5) is 0 Å². The van der Waals surface area contributed by atoms with Gasteiger partial charge in [-0.15, -0.1) is 0 Å². The molecule has 0 aliphatic carbocycles. The van der Waals surface area contributed by atoms with Gasteiger partial charge in [-0.3, -0.25) is 4.79 Å². The lowest BCUT2D eigenvalue weighted by molar-refractivity contribution is -0.115. The fourth-order valence-corrected chi connectivity index (χ4v) is 1.46. The summed E-state index contributed by atoms with van der Waals surface area (Å²) in [5, 5.41) is 14.0. The monoisotopic (exact) mass is 250 g/mol. The van der Waals surface area contributed by atoms with Gasteiger partial charge in [0, 0.05) is 12.4 Å². The first-order chi connectivity index (χ1) is 8.70. The van der Waals surface area contributed by atoms with Crippen molar-refractivity contribution in [3.63, 3.8) is 0 Å². The number of nitrogens with zero attached hydrogens (tertiary/aromatic N) is 2. The summed E-state index contributed by atoms with van der Waals surface area (Å²) in [5.74, 6) is 0.190. The Hall–Kier alpha value is -2.12. The normalized spacial score (nSPS) is 15.1. The van der Waals surface area contributed by atoms with Crippen LogP contribution in [0.1, 0.15) is 5.69 Å². The Morgan fingerprint density at radius 3 is 3.11 bits per heavy atom. The Morgan fingerprint density at radius 2 is 2.39 bits per heavy atom. The van der Waals surface area contributed by atoms with E-state index in [-0.39, 0.29) is 25.9 Å². The SMILES string of the molecule is C=C1NC=C(c2cn(COCCO)cn2)C(=O)N1. The second-order valence-electron chi connectivity index (χ2n) is 3.67. The van der Waals surface area contributed by atoms with Gasteiger partial charge in [-0.1, -0.05) is 6.58 Å². The highest BCUT2D eigenvalue weighted by Gasteiger charge is 2.18. The van der Waals surface area contributed by atoms with E-state index in [4.69, 9.17) is 9.84 Å². The molecular formula is C11H14N4O3. The molecule has 1 aromatic heterocycles. The number of amides is 1. The standard InChI is InChI=1S/C11H14N4O3/c1-8-12-4-9(11(17)14-8)10-5-15(6-13-10)7-18-3-2-16/h4-6,12,16H,1-3,7H2,(H,14,17). The number of rotatable bonds is 5. The highest BCUT2D eigenvalue weighted by Crippen LogP contribution is 2.14. The first kappa shape index (κ1) is 12.3. The predicted octanol–water partition coefficient (Wildman–Crippen LogP) is -0.619. The van der Waals surface area contributed by atoms with Gasteiger partial charge in [-0.05, 0) is 0 Å². The molecule has 0 unspecified atom stereocenters. The first-order valence-corrected chi connectivity index (χ1v) is 5.38. The van der Waals surface area contributed by atoms with Gasteiger partial charge < -0.3 is 25.0 Å². The second-order valence-corrected chi connectivity index (χ2v) is 3.67. The summed E-state index contributed by atoms with van der Waals surface area (Å²) in [7, 11) is 0. The van der Waals surface area contributed by atoms with Crippen LogP contribution in [0.15, 0.2) is 31.1 Å². The van der Waals surface area contributed by atoms with Crippen LogP contribution >= 0.6 is 0 Å². The van der Waals surface area contributed by atoms with Crippen molar-refractivity contribution in [3.05, 3.63) is 36.8 Å². The molecule has 3 N–H and O–H groups in total. The number of hydrogen-bond donors (Lipinski definition) is 3. The van der Waals surface area contributed by atoms with E-state index in [2.05, 4.69) is 22.2 Å². The Labute approximate surface area is 104 Å². The van der Waals surface area contributed by atoms with Gasteiger partial charge in [0.15, 0.2) is 0 Å². The quantitative estimate of drug-likeness (QED) is 0.606. The molecule has 2 heterocycles. The molecule has 7 heteroatoms. The molecule has 1 aliphatic rings.